The Morgan fingerprint density at radius 1 is 1.00 bits per heavy atom. The molecule has 0 saturated heterocycles. The second-order valence-corrected chi connectivity index (χ2v) is 9.70. The van der Waals surface area contributed by atoms with Gasteiger partial charge in [-0.1, -0.05) is 0 Å². The molecule has 1 nitrogen and oxygen atoms in total. The van der Waals surface area contributed by atoms with Gasteiger partial charge < -0.3 is 0 Å². The van der Waals surface area contributed by atoms with Crippen molar-refractivity contribution < 1.29 is 3.02 Å². The Morgan fingerprint density at radius 2 is 1.46 bits per heavy atom. The molecule has 0 spiro atoms. The van der Waals surface area contributed by atoms with Gasteiger partial charge in [-0.2, -0.15) is 0 Å². The van der Waals surface area contributed by atoms with Crippen molar-refractivity contribution in [2.24, 2.45) is 0 Å². The predicted octanol–water partition coefficient (Wildman–Crippen LogP) is 4.00. The molecule has 0 unspecified atom stereocenters. The fraction of sp³-hybridized carbons (Fsp3) is 1.00. The van der Waals surface area contributed by atoms with E-state index in [1.165, 1.54) is 34.4 Å². The van der Waals surface area contributed by atoms with Crippen LogP contribution in [0.1, 0.15) is 53.4 Å². The Labute approximate surface area is 91.8 Å². The Hall–Kier alpha value is 0.778. The van der Waals surface area contributed by atoms with Crippen molar-refractivity contribution >= 4 is 20.6 Å². The number of rotatable bonds is 8. The molecule has 0 amide bonds. The molecule has 0 aromatic rings. The van der Waals surface area contributed by atoms with Crippen LogP contribution in [-0.4, -0.2) is 26.7 Å². The second-order valence-electron chi connectivity index (χ2n) is 3.79. The average Bonchev–Trinajstić information content (AvgIpc) is 2.09. The summed E-state index contributed by atoms with van der Waals surface area (Å²) in [6, 6.07) is 0. The predicted molar refractivity (Wildman–Crippen MR) is 61.4 cm³/mol. The molecule has 0 fully saturated rings. The van der Waals surface area contributed by atoms with E-state index in [2.05, 4.69) is 27.7 Å². The van der Waals surface area contributed by atoms with Crippen LogP contribution in [0.15, 0.2) is 0 Å². The van der Waals surface area contributed by atoms with Gasteiger partial charge in [0, 0.05) is 0 Å². The minimum atomic E-state index is -1.26. The van der Waals surface area contributed by atoms with Crippen LogP contribution in [-0.2, 0) is 3.02 Å². The fourth-order valence-electron chi connectivity index (χ4n) is 1.18. The van der Waals surface area contributed by atoms with Crippen molar-refractivity contribution in [3.8, 4) is 0 Å². The molecule has 0 bridgehead atoms. The van der Waals surface area contributed by atoms with Gasteiger partial charge >= 0.3 is 91.9 Å². The topological polar surface area (TPSA) is 9.23 Å². The zero-order chi connectivity index (χ0) is 10.1. The normalized spacial score (nSPS) is 11.5. The maximum atomic E-state index is 6.04. The van der Waals surface area contributed by atoms with Crippen LogP contribution < -0.4 is 0 Å². The third-order valence-corrected chi connectivity index (χ3v) is 8.59. The van der Waals surface area contributed by atoms with E-state index in [0.29, 0.717) is 6.10 Å². The first-order valence-corrected chi connectivity index (χ1v) is 10.3. The molecule has 0 rings (SSSR count). The van der Waals surface area contributed by atoms with Crippen LogP contribution in [0.4, 0.5) is 0 Å². The number of hydrogen-bond donors (Lipinski definition) is 0. The van der Waals surface area contributed by atoms with Gasteiger partial charge in [-0.15, -0.1) is 0 Å². The summed E-state index contributed by atoms with van der Waals surface area (Å²) in [6.45, 7) is 8.89. The van der Waals surface area contributed by atoms with E-state index < -0.39 is 20.6 Å². The van der Waals surface area contributed by atoms with E-state index in [0.717, 1.165) is 0 Å². The summed E-state index contributed by atoms with van der Waals surface area (Å²) < 4.78 is 8.89. The summed E-state index contributed by atoms with van der Waals surface area (Å²) in [5, 5.41) is 0. The van der Waals surface area contributed by atoms with Crippen molar-refractivity contribution in [2.75, 3.05) is 0 Å². The molecule has 0 aromatic carbocycles. The van der Waals surface area contributed by atoms with Crippen molar-refractivity contribution in [1.29, 1.82) is 0 Å². The van der Waals surface area contributed by atoms with Gasteiger partial charge in [0.1, 0.15) is 0 Å². The van der Waals surface area contributed by atoms with E-state index in [1.807, 2.05) is 0 Å². The van der Waals surface area contributed by atoms with Crippen LogP contribution in [0.5, 0.6) is 0 Å². The quantitative estimate of drug-likeness (QED) is 0.615. The molecule has 0 aliphatic heterocycles. The molecule has 0 saturated carbocycles. The van der Waals surface area contributed by atoms with Gasteiger partial charge in [0.2, 0.25) is 0 Å². The third-order valence-electron chi connectivity index (χ3n) is 1.88. The van der Waals surface area contributed by atoms with Crippen molar-refractivity contribution in [3.05, 3.63) is 0 Å². The SMILES string of the molecule is CCC[CH2][Sb]([CH2]CCC)[O]C(C)C. The number of unbranched alkanes of at least 4 members (excludes halogenated alkanes) is 2. The fourth-order valence-corrected chi connectivity index (χ4v) is 7.94. The molecule has 2 heteroatoms. The summed E-state index contributed by atoms with van der Waals surface area (Å²) in [6.07, 6.45) is 5.90. The molecule has 13 heavy (non-hydrogen) atoms. The summed E-state index contributed by atoms with van der Waals surface area (Å²) in [4.78, 5) is 0. The van der Waals surface area contributed by atoms with Gasteiger partial charge in [0.25, 0.3) is 0 Å². The van der Waals surface area contributed by atoms with Gasteiger partial charge in [0.05, 0.1) is 0 Å². The van der Waals surface area contributed by atoms with Gasteiger partial charge in [-0.05, 0) is 0 Å². The van der Waals surface area contributed by atoms with Crippen LogP contribution in [0, 0.1) is 0 Å². The monoisotopic (exact) mass is 294 g/mol. The first-order chi connectivity index (χ1) is 6.20. The van der Waals surface area contributed by atoms with Gasteiger partial charge in [-0.25, -0.2) is 0 Å². The Kier molecular flexibility index (Phi) is 9.90. The molecule has 80 valence electrons. The van der Waals surface area contributed by atoms with E-state index in [4.69, 9.17) is 3.02 Å². The first-order valence-electron chi connectivity index (χ1n) is 5.62. The van der Waals surface area contributed by atoms with Crippen molar-refractivity contribution in [2.45, 2.75) is 68.2 Å². The van der Waals surface area contributed by atoms with Crippen LogP contribution in [0.3, 0.4) is 0 Å². The molecular formula is C11H25OSb. The minimum absolute atomic E-state index is 0.469. The average molecular weight is 295 g/mol. The standard InChI is InChI=1S/2C4H9.C3H7O.Sb/c2*1-3-4-2;1-3(2)4;/h2*1,3-4H2,2H3;3H,1-2H3;/q;;-1;+1. The molecule has 0 heterocycles. The Balaban J connectivity index is 3.60. The van der Waals surface area contributed by atoms with Crippen LogP contribution in [0.2, 0.25) is 8.73 Å². The third kappa shape index (κ3) is 9.09. The summed E-state index contributed by atoms with van der Waals surface area (Å²) in [7, 11) is 0. The summed E-state index contributed by atoms with van der Waals surface area (Å²) in [5.74, 6) is 0. The first kappa shape index (κ1) is 13.8. The van der Waals surface area contributed by atoms with E-state index in [-0.39, 0.29) is 0 Å². The maximum absolute atomic E-state index is 6.04. The van der Waals surface area contributed by atoms with E-state index in [1.54, 1.807) is 0 Å². The summed E-state index contributed by atoms with van der Waals surface area (Å²) >= 11 is -1.26. The summed E-state index contributed by atoms with van der Waals surface area (Å²) in [5.41, 5.74) is 0. The van der Waals surface area contributed by atoms with Gasteiger partial charge in [0.15, 0.2) is 0 Å². The van der Waals surface area contributed by atoms with Crippen molar-refractivity contribution in [1.82, 2.24) is 0 Å². The molecule has 0 N–H and O–H groups in total. The van der Waals surface area contributed by atoms with E-state index >= 15 is 0 Å². The molecular weight excluding hydrogens is 270 g/mol. The zero-order valence-corrected chi connectivity index (χ0v) is 12.2. The van der Waals surface area contributed by atoms with E-state index in [9.17, 15) is 0 Å². The Bertz CT molecular complexity index is 96.3. The molecule has 0 aliphatic rings. The Morgan fingerprint density at radius 3 is 1.77 bits per heavy atom. The van der Waals surface area contributed by atoms with Crippen LogP contribution >= 0.6 is 0 Å². The van der Waals surface area contributed by atoms with Crippen LogP contribution in [0.25, 0.3) is 0 Å². The van der Waals surface area contributed by atoms with Gasteiger partial charge in [-0.3, -0.25) is 0 Å². The second kappa shape index (κ2) is 9.34. The molecule has 0 radical (unpaired) electrons. The number of hydrogen-bond acceptors (Lipinski definition) is 1. The molecule has 0 atom stereocenters. The molecule has 0 aromatic heterocycles. The zero-order valence-electron chi connectivity index (χ0n) is 9.68. The molecule has 0 aliphatic carbocycles. The van der Waals surface area contributed by atoms with Crippen molar-refractivity contribution in [3.63, 3.8) is 0 Å².